The van der Waals surface area contributed by atoms with Gasteiger partial charge in [0, 0.05) is 0 Å². The molecule has 1 aliphatic rings. The van der Waals surface area contributed by atoms with Gasteiger partial charge in [0.05, 0.1) is 22.1 Å². The molecule has 1 aliphatic carbocycles. The molecule has 0 unspecified atom stereocenters. The number of hydrogen-bond acceptors (Lipinski definition) is 5. The van der Waals surface area contributed by atoms with Crippen LogP contribution in [0.5, 0.6) is 0 Å². The second-order valence-electron chi connectivity index (χ2n) is 5.05. The van der Waals surface area contributed by atoms with E-state index in [-0.39, 0.29) is 16.2 Å². The first-order chi connectivity index (χ1) is 9.04. The fraction of sp³-hybridized carbons (Fsp3) is 0.462. The number of rotatable bonds is 4. The zero-order chi connectivity index (χ0) is 13.5. The predicted octanol–water partition coefficient (Wildman–Crippen LogP) is 2.23. The number of para-hydroxylation sites is 1. The topological polar surface area (TPSA) is 67.3 Å². The minimum absolute atomic E-state index is 0.129. The van der Waals surface area contributed by atoms with Crippen molar-refractivity contribution in [2.45, 2.75) is 29.7 Å². The Morgan fingerprint density at radius 3 is 2.74 bits per heavy atom. The van der Waals surface area contributed by atoms with Crippen molar-refractivity contribution in [2.75, 3.05) is 5.75 Å². The average Bonchev–Trinajstić information content (AvgIpc) is 2.78. The van der Waals surface area contributed by atoms with Crippen LogP contribution < -0.4 is 0 Å². The summed E-state index contributed by atoms with van der Waals surface area (Å²) < 4.78 is 25.5. The highest BCUT2D eigenvalue weighted by Crippen LogP contribution is 2.32. The fourth-order valence-electron chi connectivity index (χ4n) is 2.33. The molecule has 3 rings (SSSR count). The smallest absolute Gasteiger partial charge is 0.210 e. The van der Waals surface area contributed by atoms with Gasteiger partial charge in [-0.3, -0.25) is 0 Å². The molecule has 4 nitrogen and oxygen atoms in total. The van der Waals surface area contributed by atoms with E-state index in [9.17, 15) is 13.5 Å². The maximum absolute atomic E-state index is 12.2. The molecule has 0 atom stereocenters. The lowest BCUT2D eigenvalue weighted by atomic mass is 9.81. The third kappa shape index (κ3) is 2.66. The van der Waals surface area contributed by atoms with Crippen LogP contribution in [0.3, 0.4) is 0 Å². The van der Waals surface area contributed by atoms with Crippen LogP contribution in [-0.2, 0) is 9.84 Å². The lowest BCUT2D eigenvalue weighted by Gasteiger charge is -2.30. The molecule has 0 spiro atoms. The fourth-order valence-corrected chi connectivity index (χ4v) is 5.11. The molecule has 102 valence electrons. The monoisotopic (exact) mass is 297 g/mol. The minimum atomic E-state index is -3.29. The molecular weight excluding hydrogens is 282 g/mol. The van der Waals surface area contributed by atoms with E-state index in [0.717, 1.165) is 23.1 Å². The number of aliphatic hydroxyl groups is 1. The summed E-state index contributed by atoms with van der Waals surface area (Å²) in [5, 5.41) is 9.20. The van der Waals surface area contributed by atoms with Gasteiger partial charge in [0.25, 0.3) is 0 Å². The van der Waals surface area contributed by atoms with E-state index in [0.29, 0.717) is 12.3 Å². The summed E-state index contributed by atoms with van der Waals surface area (Å²) >= 11 is 1.23. The summed E-state index contributed by atoms with van der Waals surface area (Å²) in [4.78, 5) is 4.20. The van der Waals surface area contributed by atoms with Crippen LogP contribution in [-0.4, -0.2) is 30.4 Å². The maximum Gasteiger partial charge on any atom is 0.210 e. The second-order valence-corrected chi connectivity index (χ2v) is 8.36. The van der Waals surface area contributed by atoms with Crippen LogP contribution >= 0.6 is 11.3 Å². The summed E-state index contributed by atoms with van der Waals surface area (Å²) in [5.41, 5.74) is 0.741. The number of thiazole rings is 1. The van der Waals surface area contributed by atoms with E-state index in [4.69, 9.17) is 0 Å². The van der Waals surface area contributed by atoms with E-state index in [2.05, 4.69) is 4.98 Å². The summed E-state index contributed by atoms with van der Waals surface area (Å²) in [5.74, 6) is 0.476. The quantitative estimate of drug-likeness (QED) is 0.939. The van der Waals surface area contributed by atoms with E-state index in [1.807, 2.05) is 24.3 Å². The number of sulfone groups is 1. The molecule has 1 aromatic carbocycles. The van der Waals surface area contributed by atoms with Crippen molar-refractivity contribution in [3.63, 3.8) is 0 Å². The predicted molar refractivity (Wildman–Crippen MR) is 75.0 cm³/mol. The number of benzene rings is 1. The molecule has 0 bridgehead atoms. The van der Waals surface area contributed by atoms with Crippen LogP contribution in [0.4, 0.5) is 0 Å². The van der Waals surface area contributed by atoms with Crippen molar-refractivity contribution >= 4 is 31.4 Å². The van der Waals surface area contributed by atoms with Crippen molar-refractivity contribution in [1.29, 1.82) is 0 Å². The molecule has 0 saturated heterocycles. The first kappa shape index (κ1) is 13.0. The van der Waals surface area contributed by atoms with Crippen LogP contribution in [0.25, 0.3) is 10.2 Å². The average molecular weight is 297 g/mol. The van der Waals surface area contributed by atoms with Crippen LogP contribution in [0.2, 0.25) is 0 Å². The zero-order valence-corrected chi connectivity index (χ0v) is 12.0. The molecular formula is C13H15NO3S2. The Hall–Kier alpha value is -0.980. The van der Waals surface area contributed by atoms with Gasteiger partial charge in [-0.1, -0.05) is 12.1 Å². The van der Waals surface area contributed by atoms with E-state index < -0.39 is 9.84 Å². The molecule has 1 aromatic heterocycles. The third-order valence-corrected chi connectivity index (χ3v) is 6.79. The van der Waals surface area contributed by atoms with Gasteiger partial charge >= 0.3 is 0 Å². The molecule has 1 saturated carbocycles. The maximum atomic E-state index is 12.2. The van der Waals surface area contributed by atoms with Gasteiger partial charge in [0.2, 0.25) is 14.2 Å². The molecule has 6 heteroatoms. The molecule has 19 heavy (non-hydrogen) atoms. The molecule has 1 fully saturated rings. The molecule has 2 aromatic rings. The van der Waals surface area contributed by atoms with Crippen molar-refractivity contribution < 1.29 is 13.5 Å². The summed E-state index contributed by atoms with van der Waals surface area (Å²) in [6.07, 6.45) is 1.86. The van der Waals surface area contributed by atoms with E-state index in [1.54, 1.807) is 0 Å². The molecule has 0 aliphatic heterocycles. The first-order valence-corrected chi connectivity index (χ1v) is 8.78. The zero-order valence-electron chi connectivity index (χ0n) is 10.3. The Labute approximate surface area is 116 Å². The van der Waals surface area contributed by atoms with Crippen molar-refractivity contribution in [3.05, 3.63) is 24.3 Å². The third-order valence-electron chi connectivity index (χ3n) is 3.55. The largest absolute Gasteiger partial charge is 0.393 e. The molecule has 1 N–H and O–H groups in total. The minimum Gasteiger partial charge on any atom is -0.393 e. The second kappa shape index (κ2) is 4.85. The van der Waals surface area contributed by atoms with Crippen molar-refractivity contribution in [3.8, 4) is 0 Å². The standard InChI is InChI=1S/C13H15NO3S2/c15-10-7-9(8-10)5-6-19(16,17)13-14-11-3-1-2-4-12(11)18-13/h1-4,9-10,15H,5-8H2. The molecule has 0 radical (unpaired) electrons. The number of aromatic nitrogens is 1. The highest BCUT2D eigenvalue weighted by molar-refractivity contribution is 7.93. The number of hydrogen-bond donors (Lipinski definition) is 1. The van der Waals surface area contributed by atoms with Gasteiger partial charge in [0.15, 0.2) is 0 Å². The summed E-state index contributed by atoms with van der Waals surface area (Å²) in [6, 6.07) is 7.45. The van der Waals surface area contributed by atoms with Gasteiger partial charge in [-0.2, -0.15) is 0 Å². The van der Waals surface area contributed by atoms with E-state index in [1.165, 1.54) is 11.3 Å². The lowest BCUT2D eigenvalue weighted by Crippen LogP contribution is -2.29. The van der Waals surface area contributed by atoms with Gasteiger partial charge in [-0.05, 0) is 37.3 Å². The van der Waals surface area contributed by atoms with E-state index >= 15 is 0 Å². The number of nitrogens with zero attached hydrogens (tertiary/aromatic N) is 1. The van der Waals surface area contributed by atoms with Gasteiger partial charge < -0.3 is 5.11 Å². The highest BCUT2D eigenvalue weighted by Gasteiger charge is 2.29. The SMILES string of the molecule is O=S(=O)(CCC1CC(O)C1)c1nc2ccccc2s1. The normalized spacial score (nSPS) is 23.4. The first-order valence-electron chi connectivity index (χ1n) is 6.31. The Kier molecular flexibility index (Phi) is 3.32. The Morgan fingerprint density at radius 2 is 2.05 bits per heavy atom. The molecule has 1 heterocycles. The van der Waals surface area contributed by atoms with Gasteiger partial charge in [-0.15, -0.1) is 11.3 Å². The Bertz CT molecular complexity index is 654. The van der Waals surface area contributed by atoms with Gasteiger partial charge in [0.1, 0.15) is 0 Å². The number of fused-ring (bicyclic) bond motifs is 1. The number of aliphatic hydroxyl groups excluding tert-OH is 1. The van der Waals surface area contributed by atoms with Crippen molar-refractivity contribution in [1.82, 2.24) is 4.98 Å². The van der Waals surface area contributed by atoms with Gasteiger partial charge in [-0.25, -0.2) is 13.4 Å². The van der Waals surface area contributed by atoms with Crippen molar-refractivity contribution in [2.24, 2.45) is 5.92 Å². The van der Waals surface area contributed by atoms with Crippen LogP contribution in [0, 0.1) is 5.92 Å². The summed E-state index contributed by atoms with van der Waals surface area (Å²) in [6.45, 7) is 0. The Morgan fingerprint density at radius 1 is 1.32 bits per heavy atom. The Balaban J connectivity index is 1.75. The lowest BCUT2D eigenvalue weighted by molar-refractivity contribution is 0.0417. The van der Waals surface area contributed by atoms with Crippen LogP contribution in [0.15, 0.2) is 28.6 Å². The van der Waals surface area contributed by atoms with Crippen LogP contribution in [0.1, 0.15) is 19.3 Å². The highest BCUT2D eigenvalue weighted by atomic mass is 32.2. The molecule has 0 amide bonds. The summed E-state index contributed by atoms with van der Waals surface area (Å²) in [7, 11) is -3.29.